The van der Waals surface area contributed by atoms with Gasteiger partial charge in [-0.1, -0.05) is 55.8 Å². The Morgan fingerprint density at radius 1 is 1.08 bits per heavy atom. The Kier molecular flexibility index (Phi) is 7.91. The molecule has 194 valence electrons. The Labute approximate surface area is 216 Å². The summed E-state index contributed by atoms with van der Waals surface area (Å²) in [6.45, 7) is 5.10. The third-order valence-corrected chi connectivity index (χ3v) is 6.55. The van der Waals surface area contributed by atoms with Crippen molar-refractivity contribution in [2.45, 2.75) is 51.9 Å². The minimum atomic E-state index is -1.23. The molecule has 0 aliphatic carbocycles. The average molecular weight is 505 g/mol. The number of ether oxygens (including phenoxy) is 2. The normalized spacial score (nSPS) is 16.7. The topological polar surface area (TPSA) is 103 Å². The van der Waals surface area contributed by atoms with Crippen LogP contribution in [0.25, 0.3) is 0 Å². The zero-order valence-corrected chi connectivity index (χ0v) is 21.4. The molecule has 1 aliphatic rings. The molecule has 0 fully saturated rings. The largest absolute Gasteiger partial charge is 0.494 e. The van der Waals surface area contributed by atoms with Gasteiger partial charge < -0.3 is 24.3 Å². The van der Waals surface area contributed by atoms with Gasteiger partial charge in [0.1, 0.15) is 17.0 Å². The second kappa shape index (κ2) is 11.3. The van der Waals surface area contributed by atoms with Crippen LogP contribution in [0.1, 0.15) is 58.8 Å². The van der Waals surface area contributed by atoms with E-state index in [0.717, 1.165) is 29.7 Å². The van der Waals surface area contributed by atoms with Crippen LogP contribution in [0.15, 0.2) is 60.9 Å². The monoisotopic (exact) mass is 504 g/mol. The molecule has 0 spiro atoms. The van der Waals surface area contributed by atoms with Crippen molar-refractivity contribution in [2.24, 2.45) is 0 Å². The molecule has 1 N–H and O–H groups in total. The van der Waals surface area contributed by atoms with Crippen LogP contribution in [-0.2, 0) is 29.2 Å². The van der Waals surface area contributed by atoms with Crippen molar-refractivity contribution >= 4 is 17.8 Å². The molecule has 9 nitrogen and oxygen atoms in total. The average Bonchev–Trinajstić information content (AvgIpc) is 3.34. The van der Waals surface area contributed by atoms with Gasteiger partial charge in [-0.2, -0.15) is 0 Å². The number of nitrogens with one attached hydrogen (secondary N) is 1. The predicted molar refractivity (Wildman–Crippen MR) is 137 cm³/mol. The first-order valence-electron chi connectivity index (χ1n) is 12.4. The second-order valence-corrected chi connectivity index (χ2v) is 9.24. The lowest BCUT2D eigenvalue weighted by molar-refractivity contribution is -0.133. The standard InChI is InChI=1S/C28H32N4O5/c1-4-5-15-37-22-13-11-21(12-14-22)17-32-25(33)24-23(26(34)36-3)30-19-31(24)18-28(32,2)27(35)29-16-20-9-7-6-8-10-20/h6-14,19H,4-5,15-18H2,1-3H3,(H,29,35)/t28-/m1/s1. The summed E-state index contributed by atoms with van der Waals surface area (Å²) in [6.07, 6.45) is 3.42. The van der Waals surface area contributed by atoms with Crippen molar-refractivity contribution in [1.29, 1.82) is 0 Å². The lowest BCUT2D eigenvalue weighted by atomic mass is 9.93. The maximum absolute atomic E-state index is 13.8. The van der Waals surface area contributed by atoms with E-state index in [0.29, 0.717) is 13.2 Å². The van der Waals surface area contributed by atoms with E-state index in [2.05, 4.69) is 17.2 Å². The smallest absolute Gasteiger partial charge is 0.359 e. The number of hydrogen-bond donors (Lipinski definition) is 1. The fraction of sp³-hybridized carbons (Fsp3) is 0.357. The minimum Gasteiger partial charge on any atom is -0.494 e. The van der Waals surface area contributed by atoms with E-state index in [4.69, 9.17) is 9.47 Å². The van der Waals surface area contributed by atoms with Crippen molar-refractivity contribution in [3.63, 3.8) is 0 Å². The van der Waals surface area contributed by atoms with Gasteiger partial charge in [-0.05, 0) is 36.6 Å². The highest BCUT2D eigenvalue weighted by Crippen LogP contribution is 2.31. The highest BCUT2D eigenvalue weighted by molar-refractivity contribution is 6.06. The summed E-state index contributed by atoms with van der Waals surface area (Å²) in [5.74, 6) is -0.725. The van der Waals surface area contributed by atoms with Gasteiger partial charge in [0.05, 0.1) is 26.6 Å². The van der Waals surface area contributed by atoms with Crippen LogP contribution in [0.5, 0.6) is 5.75 Å². The van der Waals surface area contributed by atoms with E-state index in [1.54, 1.807) is 11.5 Å². The van der Waals surface area contributed by atoms with Gasteiger partial charge in [0.15, 0.2) is 5.69 Å². The number of esters is 1. The molecule has 3 aromatic rings. The summed E-state index contributed by atoms with van der Waals surface area (Å²) in [5.41, 5.74) is 0.584. The Morgan fingerprint density at radius 3 is 2.49 bits per heavy atom. The molecule has 0 saturated carbocycles. The third-order valence-electron chi connectivity index (χ3n) is 6.55. The van der Waals surface area contributed by atoms with Crippen molar-refractivity contribution in [2.75, 3.05) is 13.7 Å². The number of fused-ring (bicyclic) bond motifs is 1. The highest BCUT2D eigenvalue weighted by Gasteiger charge is 2.48. The molecule has 4 rings (SSSR count). The summed E-state index contributed by atoms with van der Waals surface area (Å²) in [7, 11) is 1.24. The number of hydrogen-bond acceptors (Lipinski definition) is 6. The van der Waals surface area contributed by atoms with Gasteiger partial charge >= 0.3 is 5.97 Å². The summed E-state index contributed by atoms with van der Waals surface area (Å²) in [4.78, 5) is 45.3. The molecular formula is C28H32N4O5. The molecule has 9 heteroatoms. The number of rotatable bonds is 10. The summed E-state index contributed by atoms with van der Waals surface area (Å²) in [5, 5.41) is 2.98. The van der Waals surface area contributed by atoms with Crippen molar-refractivity contribution in [3.8, 4) is 5.75 Å². The Morgan fingerprint density at radius 2 is 1.81 bits per heavy atom. The van der Waals surface area contributed by atoms with E-state index in [9.17, 15) is 14.4 Å². The summed E-state index contributed by atoms with van der Waals surface area (Å²) >= 11 is 0. The lowest BCUT2D eigenvalue weighted by Gasteiger charge is -2.43. The van der Waals surface area contributed by atoms with Crippen molar-refractivity contribution in [3.05, 3.63) is 83.4 Å². The van der Waals surface area contributed by atoms with Crippen LogP contribution in [0, 0.1) is 0 Å². The van der Waals surface area contributed by atoms with Gasteiger partial charge in [0.25, 0.3) is 5.91 Å². The fourth-order valence-electron chi connectivity index (χ4n) is 4.36. The quantitative estimate of drug-likeness (QED) is 0.334. The molecule has 0 bridgehead atoms. The Balaban J connectivity index is 1.62. The Hall–Kier alpha value is -4.14. The molecule has 37 heavy (non-hydrogen) atoms. The molecule has 0 radical (unpaired) electrons. The second-order valence-electron chi connectivity index (χ2n) is 9.24. The molecule has 2 heterocycles. The van der Waals surface area contributed by atoms with Crippen LogP contribution in [0.4, 0.5) is 0 Å². The zero-order valence-electron chi connectivity index (χ0n) is 21.4. The maximum atomic E-state index is 13.8. The number of benzene rings is 2. The lowest BCUT2D eigenvalue weighted by Crippen LogP contribution is -2.63. The summed E-state index contributed by atoms with van der Waals surface area (Å²) in [6, 6.07) is 17.0. The van der Waals surface area contributed by atoms with E-state index >= 15 is 0 Å². The van der Waals surface area contributed by atoms with Crippen LogP contribution < -0.4 is 10.1 Å². The maximum Gasteiger partial charge on any atom is 0.359 e. The third kappa shape index (κ3) is 5.50. The fourth-order valence-corrected chi connectivity index (χ4v) is 4.36. The van der Waals surface area contributed by atoms with Gasteiger partial charge in [0.2, 0.25) is 5.91 Å². The number of aromatic nitrogens is 2. The first kappa shape index (κ1) is 25.9. The van der Waals surface area contributed by atoms with Gasteiger partial charge in [-0.15, -0.1) is 0 Å². The molecule has 0 unspecified atom stereocenters. The zero-order chi connectivity index (χ0) is 26.4. The number of nitrogens with zero attached hydrogens (tertiary/aromatic N) is 3. The highest BCUT2D eigenvalue weighted by atomic mass is 16.5. The van der Waals surface area contributed by atoms with Crippen molar-refractivity contribution in [1.82, 2.24) is 19.8 Å². The van der Waals surface area contributed by atoms with Crippen molar-refractivity contribution < 1.29 is 23.9 Å². The predicted octanol–water partition coefficient (Wildman–Crippen LogP) is 3.58. The van der Waals surface area contributed by atoms with Crippen LogP contribution in [0.2, 0.25) is 0 Å². The van der Waals surface area contributed by atoms with E-state index in [1.807, 2.05) is 54.6 Å². The van der Waals surface area contributed by atoms with Crippen LogP contribution in [-0.4, -0.2) is 51.5 Å². The summed E-state index contributed by atoms with van der Waals surface area (Å²) < 4.78 is 12.1. The molecule has 1 aliphatic heterocycles. The van der Waals surface area contributed by atoms with Crippen LogP contribution in [0.3, 0.4) is 0 Å². The number of methoxy groups -OCH3 is 1. The van der Waals surface area contributed by atoms with Gasteiger partial charge in [0, 0.05) is 13.1 Å². The molecule has 2 amide bonds. The minimum absolute atomic E-state index is 0.0658. The molecule has 1 aromatic heterocycles. The molecule has 1 atom stereocenters. The number of imidazole rings is 1. The van der Waals surface area contributed by atoms with Gasteiger partial charge in [-0.3, -0.25) is 9.59 Å². The number of unbranched alkanes of at least 4 members (excludes halogenated alkanes) is 1. The van der Waals surface area contributed by atoms with E-state index in [-0.39, 0.29) is 30.4 Å². The SMILES string of the molecule is CCCCOc1ccc(CN2C(=O)c3c(C(=O)OC)ncn3C[C@]2(C)C(=O)NCc2ccccc2)cc1. The van der Waals surface area contributed by atoms with E-state index < -0.39 is 17.4 Å². The Bertz CT molecular complexity index is 1260. The number of amides is 2. The molecule has 0 saturated heterocycles. The van der Waals surface area contributed by atoms with Gasteiger partial charge in [-0.25, -0.2) is 9.78 Å². The van der Waals surface area contributed by atoms with Crippen LogP contribution >= 0.6 is 0 Å². The molecular weight excluding hydrogens is 472 g/mol. The number of carbonyl (C=O) groups is 3. The van der Waals surface area contributed by atoms with E-state index in [1.165, 1.54) is 18.3 Å². The number of carbonyl (C=O) groups excluding carboxylic acids is 3. The molecule has 2 aromatic carbocycles. The first-order valence-corrected chi connectivity index (χ1v) is 12.4. The first-order chi connectivity index (χ1) is 17.9.